The van der Waals surface area contributed by atoms with E-state index >= 15 is 0 Å². The van der Waals surface area contributed by atoms with Crippen LogP contribution < -0.4 is 0 Å². The van der Waals surface area contributed by atoms with Gasteiger partial charge in [0.25, 0.3) is 0 Å². The van der Waals surface area contributed by atoms with E-state index in [4.69, 9.17) is 9.97 Å². The molecule has 0 aliphatic rings. The van der Waals surface area contributed by atoms with Crippen LogP contribution >= 0.6 is 0 Å². The van der Waals surface area contributed by atoms with Crippen molar-refractivity contribution in [2.75, 3.05) is 0 Å². The summed E-state index contributed by atoms with van der Waals surface area (Å²) in [6.07, 6.45) is 11.4. The number of fused-ring (bicyclic) bond motifs is 2. The number of halogens is 1. The fourth-order valence-corrected chi connectivity index (χ4v) is 4.78. The Kier molecular flexibility index (Phi) is 6.85. The lowest BCUT2D eigenvalue weighted by Crippen LogP contribution is -1.92. The van der Waals surface area contributed by atoms with Crippen LogP contribution in [0.2, 0.25) is 0 Å². The predicted molar refractivity (Wildman–Crippen MR) is 159 cm³/mol. The molecule has 6 rings (SSSR count). The number of aromatic amines is 2. The number of rotatable bonds is 8. The zero-order valence-corrected chi connectivity index (χ0v) is 22.0. The third-order valence-electron chi connectivity index (χ3n) is 6.94. The van der Waals surface area contributed by atoms with Gasteiger partial charge in [-0.25, -0.2) is 14.4 Å². The molecule has 0 saturated heterocycles. The van der Waals surface area contributed by atoms with E-state index in [2.05, 4.69) is 63.2 Å². The largest absolute Gasteiger partial charge is 0.335 e. The number of aromatic nitrogens is 6. The highest BCUT2D eigenvalue weighted by Gasteiger charge is 2.17. The van der Waals surface area contributed by atoms with Gasteiger partial charge in [0.15, 0.2) is 11.5 Å². The van der Waals surface area contributed by atoms with E-state index in [0.717, 1.165) is 57.4 Å². The number of hydrogen-bond donors (Lipinski definition) is 2. The second-order valence-corrected chi connectivity index (χ2v) is 9.49. The monoisotopic (exact) mass is 526 g/mol. The van der Waals surface area contributed by atoms with Crippen molar-refractivity contribution in [3.8, 4) is 22.6 Å². The second-order valence-electron chi connectivity index (χ2n) is 9.49. The third-order valence-corrected chi connectivity index (χ3v) is 6.94. The van der Waals surface area contributed by atoms with Crippen molar-refractivity contribution in [2.45, 2.75) is 19.8 Å². The Morgan fingerprint density at radius 1 is 0.925 bits per heavy atom. The zero-order valence-electron chi connectivity index (χ0n) is 22.0. The van der Waals surface area contributed by atoms with E-state index in [0.29, 0.717) is 17.0 Å². The average Bonchev–Trinajstić information content (AvgIpc) is 3.62. The van der Waals surface area contributed by atoms with Gasteiger partial charge in [-0.15, -0.1) is 0 Å². The highest BCUT2D eigenvalue weighted by Crippen LogP contribution is 2.31. The molecule has 0 radical (unpaired) electrons. The van der Waals surface area contributed by atoms with E-state index in [1.165, 1.54) is 17.7 Å². The van der Waals surface area contributed by atoms with Crippen LogP contribution in [0.15, 0.2) is 110 Å². The SMILES string of the molecule is C=C/C(=C\C(=C/C)c1ccc2[nH]nc(-c3nc4c(-c5ccc(F)cc5)cncc4[nH]3)c2n1)CCc1ccccc1. The lowest BCUT2D eigenvalue weighted by molar-refractivity contribution is 0.628. The smallest absolute Gasteiger partial charge is 0.161 e. The first-order chi connectivity index (χ1) is 19.6. The number of imidazole rings is 1. The number of nitrogens with one attached hydrogen (secondary N) is 2. The molecule has 2 N–H and O–H groups in total. The van der Waals surface area contributed by atoms with E-state index in [1.54, 1.807) is 24.5 Å². The summed E-state index contributed by atoms with van der Waals surface area (Å²) >= 11 is 0. The maximum Gasteiger partial charge on any atom is 0.161 e. The quantitative estimate of drug-likeness (QED) is 0.198. The Labute approximate surface area is 231 Å². The summed E-state index contributed by atoms with van der Waals surface area (Å²) in [5, 5.41) is 7.62. The Bertz CT molecular complexity index is 1880. The summed E-state index contributed by atoms with van der Waals surface area (Å²) in [7, 11) is 0. The predicted octanol–water partition coefficient (Wildman–Crippen LogP) is 7.85. The van der Waals surface area contributed by atoms with E-state index < -0.39 is 0 Å². The lowest BCUT2D eigenvalue weighted by Gasteiger charge is -2.07. The lowest BCUT2D eigenvalue weighted by atomic mass is 10.0. The number of allylic oxidation sites excluding steroid dienone is 5. The number of benzene rings is 2. The summed E-state index contributed by atoms with van der Waals surface area (Å²) in [5.41, 5.74) is 9.55. The van der Waals surface area contributed by atoms with Crippen molar-refractivity contribution < 1.29 is 4.39 Å². The van der Waals surface area contributed by atoms with Crippen molar-refractivity contribution in [1.82, 2.24) is 30.1 Å². The summed E-state index contributed by atoms with van der Waals surface area (Å²) in [6, 6.07) is 20.7. The van der Waals surface area contributed by atoms with Gasteiger partial charge < -0.3 is 4.98 Å². The van der Waals surface area contributed by atoms with Crippen molar-refractivity contribution in [1.29, 1.82) is 0 Å². The van der Waals surface area contributed by atoms with Crippen LogP contribution in [-0.2, 0) is 6.42 Å². The third kappa shape index (κ3) is 4.97. The van der Waals surface area contributed by atoms with E-state index in [-0.39, 0.29) is 5.82 Å². The minimum atomic E-state index is -0.289. The molecule has 0 spiro atoms. The van der Waals surface area contributed by atoms with E-state index in [9.17, 15) is 4.39 Å². The molecule has 4 heterocycles. The highest BCUT2D eigenvalue weighted by molar-refractivity contribution is 5.95. The molecule has 0 bridgehead atoms. The first-order valence-electron chi connectivity index (χ1n) is 13.1. The molecular formula is C33H27FN6. The molecule has 196 valence electrons. The van der Waals surface area contributed by atoms with Crippen LogP contribution in [0.1, 0.15) is 24.6 Å². The van der Waals surface area contributed by atoms with Gasteiger partial charge in [0.2, 0.25) is 0 Å². The van der Waals surface area contributed by atoms with Gasteiger partial charge in [0.1, 0.15) is 11.3 Å². The summed E-state index contributed by atoms with van der Waals surface area (Å²) < 4.78 is 13.5. The van der Waals surface area contributed by atoms with Crippen LogP contribution in [-0.4, -0.2) is 30.1 Å². The first kappa shape index (κ1) is 25.1. The minimum absolute atomic E-state index is 0.289. The molecule has 0 aliphatic carbocycles. The standard InChI is InChI=1S/C33H27FN6/c1-3-21(10-11-22-8-6-5-7-9-22)18-23(4-2)27-16-17-28-31(36-27)32(40-39-28)33-37-29-20-35-19-26(30(29)38-33)24-12-14-25(34)15-13-24/h3-9,12-20H,1,10-11H2,2H3,(H,37,38)(H,39,40)/b21-18+,23-4+. The topological polar surface area (TPSA) is 83.1 Å². The van der Waals surface area contributed by atoms with Gasteiger partial charge in [0, 0.05) is 11.8 Å². The Morgan fingerprint density at radius 3 is 2.52 bits per heavy atom. The second kappa shape index (κ2) is 10.9. The summed E-state index contributed by atoms with van der Waals surface area (Å²) in [6.45, 7) is 6.05. The first-order valence-corrected chi connectivity index (χ1v) is 13.1. The van der Waals surface area contributed by atoms with Gasteiger partial charge >= 0.3 is 0 Å². The Hall–Kier alpha value is -5.17. The van der Waals surface area contributed by atoms with Crippen molar-refractivity contribution in [2.24, 2.45) is 0 Å². The maximum absolute atomic E-state index is 13.5. The van der Waals surface area contributed by atoms with Gasteiger partial charge in [-0.3, -0.25) is 10.1 Å². The van der Waals surface area contributed by atoms with Gasteiger partial charge in [-0.2, -0.15) is 5.10 Å². The number of pyridine rings is 2. The molecule has 6 nitrogen and oxygen atoms in total. The molecule has 2 aromatic carbocycles. The van der Waals surface area contributed by atoms with E-state index in [1.807, 2.05) is 31.2 Å². The van der Waals surface area contributed by atoms with Crippen molar-refractivity contribution >= 4 is 27.6 Å². The van der Waals surface area contributed by atoms with Gasteiger partial charge in [-0.05, 0) is 72.4 Å². The molecule has 40 heavy (non-hydrogen) atoms. The van der Waals surface area contributed by atoms with Crippen LogP contribution in [0.25, 0.3) is 50.3 Å². The van der Waals surface area contributed by atoms with Crippen molar-refractivity contribution in [3.63, 3.8) is 0 Å². The summed E-state index contributed by atoms with van der Waals surface area (Å²) in [5.74, 6) is 0.290. The molecular weight excluding hydrogens is 499 g/mol. The molecule has 0 aliphatic heterocycles. The number of aryl methyl sites for hydroxylation is 1. The van der Waals surface area contributed by atoms with Crippen molar-refractivity contribution in [3.05, 3.63) is 127 Å². The molecule has 0 amide bonds. The zero-order chi connectivity index (χ0) is 27.5. The fraction of sp³-hybridized carbons (Fsp3) is 0.0909. The highest BCUT2D eigenvalue weighted by atomic mass is 19.1. The fourth-order valence-electron chi connectivity index (χ4n) is 4.78. The van der Waals surface area contributed by atoms with Gasteiger partial charge in [0.05, 0.1) is 28.4 Å². The number of hydrogen-bond acceptors (Lipinski definition) is 4. The molecule has 0 atom stereocenters. The van der Waals surface area contributed by atoms with Crippen LogP contribution in [0.3, 0.4) is 0 Å². The molecule has 0 fully saturated rings. The van der Waals surface area contributed by atoms with Crippen LogP contribution in [0, 0.1) is 5.82 Å². The van der Waals surface area contributed by atoms with Gasteiger partial charge in [-0.1, -0.05) is 61.2 Å². The molecule has 0 saturated carbocycles. The maximum atomic E-state index is 13.5. The van der Waals surface area contributed by atoms with Crippen LogP contribution in [0.4, 0.5) is 4.39 Å². The summed E-state index contributed by atoms with van der Waals surface area (Å²) in [4.78, 5) is 17.5. The molecule has 7 heteroatoms. The number of H-pyrrole nitrogens is 2. The minimum Gasteiger partial charge on any atom is -0.335 e. The Morgan fingerprint density at radius 2 is 1.75 bits per heavy atom. The molecule has 6 aromatic rings. The Balaban J connectivity index is 1.35. The molecule has 0 unspecified atom stereocenters. The number of nitrogens with zero attached hydrogens (tertiary/aromatic N) is 4. The average molecular weight is 527 g/mol. The molecule has 4 aromatic heterocycles. The normalized spacial score (nSPS) is 12.3. The van der Waals surface area contributed by atoms with Crippen LogP contribution in [0.5, 0.6) is 0 Å².